The van der Waals surface area contributed by atoms with Gasteiger partial charge in [-0.3, -0.25) is 5.32 Å². The first-order chi connectivity index (χ1) is 7.34. The zero-order valence-corrected chi connectivity index (χ0v) is 9.67. The Balaban J connectivity index is 3.13. The number of hydrogen-bond donors (Lipinski definition) is 2. The first kappa shape index (κ1) is 12.5. The van der Waals surface area contributed by atoms with Crippen molar-refractivity contribution in [2.24, 2.45) is 5.14 Å². The Morgan fingerprint density at radius 1 is 1.44 bits per heavy atom. The average molecular weight is 244 g/mol. The van der Waals surface area contributed by atoms with Gasteiger partial charge in [0, 0.05) is 5.69 Å². The molecule has 1 rings (SSSR count). The monoisotopic (exact) mass is 244 g/mol. The maximum atomic E-state index is 11.2. The van der Waals surface area contributed by atoms with Crippen molar-refractivity contribution in [2.75, 3.05) is 12.4 Å². The van der Waals surface area contributed by atoms with Crippen molar-refractivity contribution in [3.8, 4) is 0 Å². The smallest absolute Gasteiger partial charge is 0.411 e. The molecule has 16 heavy (non-hydrogen) atoms. The first-order valence-electron chi connectivity index (χ1n) is 4.33. The van der Waals surface area contributed by atoms with Crippen LogP contribution in [-0.2, 0) is 14.8 Å². The molecule has 1 aromatic carbocycles. The van der Waals surface area contributed by atoms with Crippen LogP contribution in [0.1, 0.15) is 5.56 Å². The van der Waals surface area contributed by atoms with E-state index in [1.807, 2.05) is 0 Å². The topological polar surface area (TPSA) is 98.5 Å². The zero-order valence-electron chi connectivity index (χ0n) is 8.85. The number of carbonyl (C=O) groups is 1. The van der Waals surface area contributed by atoms with Crippen molar-refractivity contribution in [3.05, 3.63) is 23.8 Å². The lowest BCUT2D eigenvalue weighted by molar-refractivity contribution is 0.187. The minimum absolute atomic E-state index is 0.0265. The molecule has 88 valence electrons. The standard InChI is InChI=1S/C9H12N2O4S/c1-6-3-4-7(11-9(12)15-2)5-8(6)16(10,13)14/h3-5H,1-2H3,(H,11,12)(H2,10,13,14). The number of hydrogen-bond acceptors (Lipinski definition) is 4. The van der Waals surface area contributed by atoms with Crippen molar-refractivity contribution in [1.82, 2.24) is 0 Å². The summed E-state index contributed by atoms with van der Waals surface area (Å²) in [6.07, 6.45) is -0.677. The molecular weight excluding hydrogens is 232 g/mol. The second-order valence-corrected chi connectivity index (χ2v) is 4.67. The van der Waals surface area contributed by atoms with Crippen LogP contribution in [0.15, 0.2) is 23.1 Å². The maximum absolute atomic E-state index is 11.2. The highest BCUT2D eigenvalue weighted by Gasteiger charge is 2.12. The van der Waals surface area contributed by atoms with E-state index < -0.39 is 16.1 Å². The van der Waals surface area contributed by atoms with E-state index in [1.54, 1.807) is 19.1 Å². The number of methoxy groups -OCH3 is 1. The Kier molecular flexibility index (Phi) is 3.51. The molecule has 1 amide bonds. The van der Waals surface area contributed by atoms with Crippen LogP contribution in [0, 0.1) is 6.92 Å². The predicted octanol–water partition coefficient (Wildman–Crippen LogP) is 0.821. The van der Waals surface area contributed by atoms with Gasteiger partial charge >= 0.3 is 6.09 Å². The highest BCUT2D eigenvalue weighted by molar-refractivity contribution is 7.89. The van der Waals surface area contributed by atoms with Gasteiger partial charge in [-0.1, -0.05) is 6.07 Å². The molecule has 0 aliphatic carbocycles. The Labute approximate surface area is 93.5 Å². The molecule has 3 N–H and O–H groups in total. The van der Waals surface area contributed by atoms with E-state index in [4.69, 9.17) is 5.14 Å². The number of benzene rings is 1. The SMILES string of the molecule is COC(=O)Nc1ccc(C)c(S(N)(=O)=O)c1. The Bertz CT molecular complexity index is 510. The van der Waals surface area contributed by atoms with Crippen LogP contribution in [0.3, 0.4) is 0 Å². The van der Waals surface area contributed by atoms with Gasteiger partial charge in [0.15, 0.2) is 0 Å². The van der Waals surface area contributed by atoms with Crippen LogP contribution in [-0.4, -0.2) is 21.6 Å². The van der Waals surface area contributed by atoms with Crippen LogP contribution in [0.25, 0.3) is 0 Å². The molecule has 1 aromatic rings. The summed E-state index contributed by atoms with van der Waals surface area (Å²) in [4.78, 5) is 10.9. The normalized spacial score (nSPS) is 10.9. The number of amides is 1. The molecule has 7 heteroatoms. The summed E-state index contributed by atoms with van der Waals surface area (Å²) in [7, 11) is -2.58. The van der Waals surface area contributed by atoms with E-state index >= 15 is 0 Å². The van der Waals surface area contributed by atoms with Crippen LogP contribution in [0.4, 0.5) is 10.5 Å². The number of anilines is 1. The van der Waals surface area contributed by atoms with Gasteiger partial charge < -0.3 is 4.74 Å². The molecule has 0 fully saturated rings. The lowest BCUT2D eigenvalue weighted by Gasteiger charge is -2.07. The minimum atomic E-state index is -3.79. The number of nitrogens with two attached hydrogens (primary N) is 1. The van der Waals surface area contributed by atoms with E-state index in [0.29, 0.717) is 11.3 Å². The van der Waals surface area contributed by atoms with Gasteiger partial charge in [-0.25, -0.2) is 18.4 Å². The third-order valence-electron chi connectivity index (χ3n) is 1.93. The number of ether oxygens (including phenoxy) is 1. The quantitative estimate of drug-likeness (QED) is 0.804. The highest BCUT2D eigenvalue weighted by atomic mass is 32.2. The Morgan fingerprint density at radius 2 is 2.06 bits per heavy atom. The summed E-state index contributed by atoms with van der Waals surface area (Å²) in [5.41, 5.74) is 0.819. The minimum Gasteiger partial charge on any atom is -0.453 e. The van der Waals surface area contributed by atoms with Gasteiger partial charge in [-0.15, -0.1) is 0 Å². The van der Waals surface area contributed by atoms with Crippen LogP contribution < -0.4 is 10.5 Å². The largest absolute Gasteiger partial charge is 0.453 e. The van der Waals surface area contributed by atoms with E-state index in [1.165, 1.54) is 13.2 Å². The summed E-state index contributed by atoms with van der Waals surface area (Å²) in [6, 6.07) is 4.38. The summed E-state index contributed by atoms with van der Waals surface area (Å²) >= 11 is 0. The van der Waals surface area contributed by atoms with Gasteiger partial charge in [-0.2, -0.15) is 0 Å². The van der Waals surface area contributed by atoms with Crippen molar-refractivity contribution in [1.29, 1.82) is 0 Å². The van der Waals surface area contributed by atoms with Crippen molar-refractivity contribution >= 4 is 21.8 Å². The number of rotatable bonds is 2. The third kappa shape index (κ3) is 2.94. The fourth-order valence-electron chi connectivity index (χ4n) is 1.15. The fourth-order valence-corrected chi connectivity index (χ4v) is 1.96. The van der Waals surface area contributed by atoms with Gasteiger partial charge in [0.1, 0.15) is 0 Å². The first-order valence-corrected chi connectivity index (χ1v) is 5.87. The lowest BCUT2D eigenvalue weighted by Crippen LogP contribution is -2.15. The van der Waals surface area contributed by atoms with Gasteiger partial charge in [-0.05, 0) is 24.6 Å². The maximum Gasteiger partial charge on any atom is 0.411 e. The molecule has 0 aromatic heterocycles. The van der Waals surface area contributed by atoms with E-state index in [9.17, 15) is 13.2 Å². The van der Waals surface area contributed by atoms with Gasteiger partial charge in [0.2, 0.25) is 10.0 Å². The lowest BCUT2D eigenvalue weighted by atomic mass is 10.2. The van der Waals surface area contributed by atoms with Crippen LogP contribution >= 0.6 is 0 Å². The fraction of sp³-hybridized carbons (Fsp3) is 0.222. The summed E-state index contributed by atoms with van der Waals surface area (Å²) < 4.78 is 26.8. The molecule has 0 unspecified atom stereocenters. The van der Waals surface area contributed by atoms with Gasteiger partial charge in [0.05, 0.1) is 12.0 Å². The van der Waals surface area contributed by atoms with E-state index in [-0.39, 0.29) is 4.90 Å². The molecular formula is C9H12N2O4S. The molecule has 0 saturated heterocycles. The molecule has 0 atom stereocenters. The molecule has 0 heterocycles. The van der Waals surface area contributed by atoms with Crippen LogP contribution in [0.2, 0.25) is 0 Å². The molecule has 0 saturated carbocycles. The van der Waals surface area contributed by atoms with Crippen LogP contribution in [0.5, 0.6) is 0 Å². The predicted molar refractivity (Wildman–Crippen MR) is 58.6 cm³/mol. The average Bonchev–Trinajstić information content (AvgIpc) is 2.19. The van der Waals surface area contributed by atoms with E-state index in [0.717, 1.165) is 0 Å². The highest BCUT2D eigenvalue weighted by Crippen LogP contribution is 2.18. The second kappa shape index (κ2) is 4.50. The van der Waals surface area contributed by atoms with Crippen molar-refractivity contribution < 1.29 is 17.9 Å². The summed E-state index contributed by atoms with van der Waals surface area (Å²) in [5.74, 6) is 0. The van der Waals surface area contributed by atoms with Crippen molar-refractivity contribution in [3.63, 3.8) is 0 Å². The zero-order chi connectivity index (χ0) is 12.3. The summed E-state index contributed by atoms with van der Waals surface area (Å²) in [6.45, 7) is 1.61. The number of primary sulfonamides is 1. The molecule has 0 bridgehead atoms. The second-order valence-electron chi connectivity index (χ2n) is 3.14. The number of sulfonamides is 1. The molecule has 0 spiro atoms. The Hall–Kier alpha value is -1.60. The summed E-state index contributed by atoms with van der Waals surface area (Å²) in [5, 5.41) is 7.37. The molecule has 0 aliphatic heterocycles. The molecule has 0 radical (unpaired) electrons. The Morgan fingerprint density at radius 3 is 2.56 bits per heavy atom. The van der Waals surface area contributed by atoms with Gasteiger partial charge in [0.25, 0.3) is 0 Å². The van der Waals surface area contributed by atoms with Crippen molar-refractivity contribution in [2.45, 2.75) is 11.8 Å². The number of aryl methyl sites for hydroxylation is 1. The third-order valence-corrected chi connectivity index (χ3v) is 2.98. The molecule has 6 nitrogen and oxygen atoms in total. The van der Waals surface area contributed by atoms with E-state index in [2.05, 4.69) is 10.1 Å². The number of carbonyl (C=O) groups excluding carboxylic acids is 1. The molecule has 0 aliphatic rings. The number of nitrogens with one attached hydrogen (secondary N) is 1.